The Morgan fingerprint density at radius 2 is 2.29 bits per heavy atom. The first kappa shape index (κ1) is 10.4. The van der Waals surface area contributed by atoms with Crippen molar-refractivity contribution in [1.82, 2.24) is 9.38 Å². The minimum absolute atomic E-state index is 0.326. The van der Waals surface area contributed by atoms with Crippen molar-refractivity contribution in [2.24, 2.45) is 0 Å². The summed E-state index contributed by atoms with van der Waals surface area (Å²) >= 11 is 1.58. The van der Waals surface area contributed by atoms with Crippen molar-refractivity contribution in [3.8, 4) is 11.5 Å². The second-order valence-electron chi connectivity index (χ2n) is 4.25. The first-order valence-electron chi connectivity index (χ1n) is 5.47. The van der Waals surface area contributed by atoms with Gasteiger partial charge in [0.15, 0.2) is 10.7 Å². The van der Waals surface area contributed by atoms with Crippen molar-refractivity contribution in [2.75, 3.05) is 5.73 Å². The minimum atomic E-state index is 0.326. The van der Waals surface area contributed by atoms with E-state index in [-0.39, 0.29) is 0 Å². The number of nitrogen functional groups attached to an aromatic ring is 1. The first-order chi connectivity index (χ1) is 8.18. The van der Waals surface area contributed by atoms with E-state index in [4.69, 9.17) is 10.2 Å². The lowest BCUT2D eigenvalue weighted by Gasteiger charge is -2.02. The Balaban J connectivity index is 2.28. The molecule has 0 bridgehead atoms. The number of hydrogen-bond donors (Lipinski definition) is 1. The molecule has 3 heterocycles. The summed E-state index contributed by atoms with van der Waals surface area (Å²) in [4.78, 5) is 5.47. The second kappa shape index (κ2) is 3.63. The molecule has 0 atom stereocenters. The topological polar surface area (TPSA) is 56.5 Å². The van der Waals surface area contributed by atoms with Crippen LogP contribution in [-0.4, -0.2) is 9.38 Å². The lowest BCUT2D eigenvalue weighted by molar-refractivity contribution is 0.579. The molecule has 0 saturated carbocycles. The fraction of sp³-hybridized carbons (Fsp3) is 0.250. The molecule has 0 amide bonds. The predicted octanol–water partition coefficient (Wildman–Crippen LogP) is 3.36. The standard InChI is InChI=1S/C12H13N3OS/c1-7(2)10-11(13)15-8(6-17-12(15)14-10)9-4-3-5-16-9/h3-7H,13H2,1-2H3. The summed E-state index contributed by atoms with van der Waals surface area (Å²) in [7, 11) is 0. The molecule has 0 fully saturated rings. The van der Waals surface area contributed by atoms with Crippen LogP contribution in [0.1, 0.15) is 25.5 Å². The molecule has 0 saturated heterocycles. The molecule has 2 N–H and O–H groups in total. The number of furan rings is 1. The molecule has 3 aromatic rings. The summed E-state index contributed by atoms with van der Waals surface area (Å²) in [5.74, 6) is 1.85. The number of nitrogens with two attached hydrogens (primary N) is 1. The van der Waals surface area contributed by atoms with Gasteiger partial charge in [0.2, 0.25) is 0 Å². The fourth-order valence-electron chi connectivity index (χ4n) is 1.92. The van der Waals surface area contributed by atoms with Gasteiger partial charge in [0, 0.05) is 5.38 Å². The highest BCUT2D eigenvalue weighted by Crippen LogP contribution is 2.32. The molecule has 0 aromatic carbocycles. The molecule has 0 unspecified atom stereocenters. The van der Waals surface area contributed by atoms with Gasteiger partial charge in [0.1, 0.15) is 11.5 Å². The van der Waals surface area contributed by atoms with Gasteiger partial charge < -0.3 is 10.2 Å². The molecular weight excluding hydrogens is 234 g/mol. The zero-order valence-electron chi connectivity index (χ0n) is 9.68. The zero-order valence-corrected chi connectivity index (χ0v) is 10.5. The Bertz CT molecular complexity index is 649. The largest absolute Gasteiger partial charge is 0.463 e. The van der Waals surface area contributed by atoms with E-state index in [2.05, 4.69) is 18.8 Å². The molecule has 88 valence electrons. The Morgan fingerprint density at radius 3 is 2.94 bits per heavy atom. The normalized spacial score (nSPS) is 11.7. The molecule has 0 spiro atoms. The Labute approximate surface area is 103 Å². The highest BCUT2D eigenvalue weighted by atomic mass is 32.1. The maximum Gasteiger partial charge on any atom is 0.196 e. The average Bonchev–Trinajstić information content (AvgIpc) is 2.95. The van der Waals surface area contributed by atoms with Crippen molar-refractivity contribution in [1.29, 1.82) is 0 Å². The molecule has 3 aromatic heterocycles. The average molecular weight is 247 g/mol. The summed E-state index contributed by atoms with van der Waals surface area (Å²) in [6, 6.07) is 3.80. The third-order valence-corrected chi connectivity index (χ3v) is 3.57. The van der Waals surface area contributed by atoms with Gasteiger partial charge in [-0.25, -0.2) is 4.98 Å². The van der Waals surface area contributed by atoms with Crippen LogP contribution >= 0.6 is 11.3 Å². The number of hydrogen-bond acceptors (Lipinski definition) is 4. The molecule has 17 heavy (non-hydrogen) atoms. The van der Waals surface area contributed by atoms with Crippen molar-refractivity contribution in [2.45, 2.75) is 19.8 Å². The lowest BCUT2D eigenvalue weighted by Crippen LogP contribution is -1.98. The number of aromatic nitrogens is 2. The molecule has 0 radical (unpaired) electrons. The smallest absolute Gasteiger partial charge is 0.196 e. The van der Waals surface area contributed by atoms with Gasteiger partial charge >= 0.3 is 0 Å². The number of fused-ring (bicyclic) bond motifs is 1. The molecular formula is C12H13N3OS. The van der Waals surface area contributed by atoms with Crippen LogP contribution in [0.4, 0.5) is 5.82 Å². The van der Waals surface area contributed by atoms with E-state index in [0.29, 0.717) is 11.7 Å². The molecule has 5 heteroatoms. The number of thiazole rings is 1. The number of nitrogens with zero attached hydrogens (tertiary/aromatic N) is 2. The van der Waals surface area contributed by atoms with Crippen molar-refractivity contribution in [3.05, 3.63) is 29.5 Å². The zero-order chi connectivity index (χ0) is 12.0. The lowest BCUT2D eigenvalue weighted by atomic mass is 10.1. The second-order valence-corrected chi connectivity index (χ2v) is 5.09. The number of imidazole rings is 1. The Kier molecular flexibility index (Phi) is 2.22. The van der Waals surface area contributed by atoms with Gasteiger partial charge in [0.25, 0.3) is 0 Å². The Hall–Kier alpha value is -1.75. The molecule has 0 aliphatic rings. The summed E-state index contributed by atoms with van der Waals surface area (Å²) in [6.07, 6.45) is 1.66. The summed E-state index contributed by atoms with van der Waals surface area (Å²) < 4.78 is 7.37. The van der Waals surface area contributed by atoms with E-state index < -0.39 is 0 Å². The van der Waals surface area contributed by atoms with E-state index in [1.807, 2.05) is 21.9 Å². The summed E-state index contributed by atoms with van der Waals surface area (Å²) in [5, 5.41) is 2.02. The number of anilines is 1. The highest BCUT2D eigenvalue weighted by Gasteiger charge is 2.18. The monoisotopic (exact) mass is 247 g/mol. The molecule has 4 nitrogen and oxygen atoms in total. The van der Waals surface area contributed by atoms with Gasteiger partial charge in [0.05, 0.1) is 12.0 Å². The van der Waals surface area contributed by atoms with Gasteiger partial charge in [-0.1, -0.05) is 13.8 Å². The highest BCUT2D eigenvalue weighted by molar-refractivity contribution is 7.15. The van der Waals surface area contributed by atoms with E-state index in [0.717, 1.165) is 22.1 Å². The molecule has 3 rings (SSSR count). The first-order valence-corrected chi connectivity index (χ1v) is 6.35. The van der Waals surface area contributed by atoms with Crippen molar-refractivity contribution < 1.29 is 4.42 Å². The van der Waals surface area contributed by atoms with Crippen molar-refractivity contribution in [3.63, 3.8) is 0 Å². The fourth-order valence-corrected chi connectivity index (χ4v) is 2.81. The van der Waals surface area contributed by atoms with Crippen LogP contribution in [0.3, 0.4) is 0 Å². The van der Waals surface area contributed by atoms with Crippen LogP contribution in [0.2, 0.25) is 0 Å². The third kappa shape index (κ3) is 1.46. The van der Waals surface area contributed by atoms with Crippen LogP contribution in [0.15, 0.2) is 28.2 Å². The molecule has 0 aliphatic heterocycles. The van der Waals surface area contributed by atoms with Crippen molar-refractivity contribution >= 4 is 22.1 Å². The maximum atomic E-state index is 6.16. The van der Waals surface area contributed by atoms with E-state index in [1.165, 1.54) is 0 Å². The third-order valence-electron chi connectivity index (χ3n) is 2.75. The van der Waals surface area contributed by atoms with Gasteiger partial charge in [-0.05, 0) is 18.1 Å². The quantitative estimate of drug-likeness (QED) is 0.755. The minimum Gasteiger partial charge on any atom is -0.463 e. The molecule has 0 aliphatic carbocycles. The number of rotatable bonds is 2. The SMILES string of the molecule is CC(C)c1nc2scc(-c3ccco3)n2c1N. The van der Waals surface area contributed by atoms with Crippen LogP contribution < -0.4 is 5.73 Å². The van der Waals surface area contributed by atoms with Crippen LogP contribution in [-0.2, 0) is 0 Å². The van der Waals surface area contributed by atoms with Gasteiger partial charge in [-0.2, -0.15) is 0 Å². The van der Waals surface area contributed by atoms with Crippen LogP contribution in [0, 0.1) is 0 Å². The van der Waals surface area contributed by atoms with E-state index in [1.54, 1.807) is 17.6 Å². The summed E-state index contributed by atoms with van der Waals surface area (Å²) in [6.45, 7) is 4.19. The van der Waals surface area contributed by atoms with Gasteiger partial charge in [-0.15, -0.1) is 11.3 Å². The van der Waals surface area contributed by atoms with E-state index in [9.17, 15) is 0 Å². The maximum absolute atomic E-state index is 6.16. The Morgan fingerprint density at radius 1 is 1.47 bits per heavy atom. The van der Waals surface area contributed by atoms with E-state index >= 15 is 0 Å². The summed E-state index contributed by atoms with van der Waals surface area (Å²) in [5.41, 5.74) is 8.07. The van der Waals surface area contributed by atoms with Crippen LogP contribution in [0.5, 0.6) is 0 Å². The van der Waals surface area contributed by atoms with Gasteiger partial charge in [-0.3, -0.25) is 4.40 Å². The predicted molar refractivity (Wildman–Crippen MR) is 69.3 cm³/mol. The van der Waals surface area contributed by atoms with Crippen LogP contribution in [0.25, 0.3) is 16.4 Å².